The summed E-state index contributed by atoms with van der Waals surface area (Å²) in [5.41, 5.74) is 2.85. The molecule has 27 heavy (non-hydrogen) atoms. The quantitative estimate of drug-likeness (QED) is 0.380. The molecule has 0 fully saturated rings. The number of amides is 1. The number of nitrogens with zero attached hydrogens (tertiary/aromatic N) is 2. The van der Waals surface area contributed by atoms with E-state index in [1.54, 1.807) is 16.7 Å². The molecule has 1 unspecified atom stereocenters. The van der Waals surface area contributed by atoms with E-state index < -0.39 is 5.25 Å². The van der Waals surface area contributed by atoms with Crippen molar-refractivity contribution in [2.75, 3.05) is 5.32 Å². The fourth-order valence-corrected chi connectivity index (χ4v) is 4.43. The van der Waals surface area contributed by atoms with Crippen LogP contribution in [0.4, 0.5) is 5.69 Å². The number of allylic oxidation sites excluding steroid dienone is 1. The molecule has 3 rings (SSSR count). The van der Waals surface area contributed by atoms with Crippen molar-refractivity contribution in [2.24, 2.45) is 0 Å². The van der Waals surface area contributed by atoms with Gasteiger partial charge in [-0.15, -0.1) is 17.9 Å². The summed E-state index contributed by atoms with van der Waals surface area (Å²) >= 11 is 2.70. The van der Waals surface area contributed by atoms with Gasteiger partial charge >= 0.3 is 0 Å². The molecule has 0 spiro atoms. The van der Waals surface area contributed by atoms with Gasteiger partial charge in [0.05, 0.1) is 10.6 Å². The molecular weight excluding hydrogens is 378 g/mol. The predicted octanol–water partition coefficient (Wildman–Crippen LogP) is 4.38. The number of fused-ring (bicyclic) bond motifs is 1. The first-order valence-corrected chi connectivity index (χ1v) is 10.3. The van der Waals surface area contributed by atoms with Crippen molar-refractivity contribution < 1.29 is 4.79 Å². The van der Waals surface area contributed by atoms with Crippen LogP contribution in [0.2, 0.25) is 0 Å². The summed E-state index contributed by atoms with van der Waals surface area (Å²) in [6.07, 6.45) is 1.66. The Morgan fingerprint density at radius 3 is 2.89 bits per heavy atom. The molecule has 5 nitrogen and oxygen atoms in total. The van der Waals surface area contributed by atoms with Crippen molar-refractivity contribution in [2.45, 2.75) is 37.7 Å². The van der Waals surface area contributed by atoms with Gasteiger partial charge in [0.25, 0.3) is 5.56 Å². The van der Waals surface area contributed by atoms with Gasteiger partial charge < -0.3 is 5.32 Å². The van der Waals surface area contributed by atoms with E-state index in [9.17, 15) is 9.59 Å². The number of thioether (sulfide) groups is 1. The number of hydrogen-bond acceptors (Lipinski definition) is 5. The van der Waals surface area contributed by atoms with E-state index in [-0.39, 0.29) is 11.5 Å². The molecule has 2 aromatic heterocycles. The van der Waals surface area contributed by atoms with Gasteiger partial charge in [-0.05, 0) is 43.8 Å². The second kappa shape index (κ2) is 8.10. The van der Waals surface area contributed by atoms with Crippen LogP contribution in [0.15, 0.2) is 52.3 Å². The first-order valence-electron chi connectivity index (χ1n) is 8.54. The standard InChI is InChI=1S/C20H21N3O2S2/c1-5-9-23-19(25)15-8-10-26-18(15)22-20(23)27-14(4)17(24)21-16-7-6-12(2)11-13(16)3/h5-8,10-11,14H,1,9H2,2-4H3,(H,21,24). The van der Waals surface area contributed by atoms with Crippen LogP contribution in [-0.4, -0.2) is 20.7 Å². The summed E-state index contributed by atoms with van der Waals surface area (Å²) in [7, 11) is 0. The van der Waals surface area contributed by atoms with Crippen molar-refractivity contribution in [3.63, 3.8) is 0 Å². The van der Waals surface area contributed by atoms with Crippen LogP contribution in [0.3, 0.4) is 0 Å². The zero-order valence-corrected chi connectivity index (χ0v) is 17.1. The fraction of sp³-hybridized carbons (Fsp3) is 0.250. The summed E-state index contributed by atoms with van der Waals surface area (Å²) in [6, 6.07) is 7.68. The predicted molar refractivity (Wildman–Crippen MR) is 114 cm³/mol. The number of anilines is 1. The minimum atomic E-state index is -0.411. The molecule has 0 bridgehead atoms. The Hall–Kier alpha value is -2.38. The Bertz CT molecular complexity index is 1070. The van der Waals surface area contributed by atoms with Crippen LogP contribution in [0, 0.1) is 13.8 Å². The van der Waals surface area contributed by atoms with E-state index in [2.05, 4.69) is 16.9 Å². The highest BCUT2D eigenvalue weighted by Crippen LogP contribution is 2.26. The molecule has 0 aliphatic heterocycles. The van der Waals surface area contributed by atoms with Crippen LogP contribution in [0.1, 0.15) is 18.1 Å². The lowest BCUT2D eigenvalue weighted by Crippen LogP contribution is -2.26. The summed E-state index contributed by atoms with van der Waals surface area (Å²) < 4.78 is 1.56. The van der Waals surface area contributed by atoms with Crippen molar-refractivity contribution in [1.29, 1.82) is 0 Å². The lowest BCUT2D eigenvalue weighted by atomic mass is 10.1. The van der Waals surface area contributed by atoms with Crippen LogP contribution in [0.25, 0.3) is 10.2 Å². The molecule has 0 radical (unpaired) electrons. The lowest BCUT2D eigenvalue weighted by Gasteiger charge is -2.16. The molecule has 1 atom stereocenters. The topological polar surface area (TPSA) is 64.0 Å². The second-order valence-electron chi connectivity index (χ2n) is 6.31. The Kier molecular flexibility index (Phi) is 5.82. The fourth-order valence-electron chi connectivity index (χ4n) is 2.71. The van der Waals surface area contributed by atoms with Gasteiger partial charge in [0, 0.05) is 12.2 Å². The van der Waals surface area contributed by atoms with Gasteiger partial charge in [-0.2, -0.15) is 0 Å². The Labute approximate surface area is 166 Å². The molecule has 7 heteroatoms. The van der Waals surface area contributed by atoms with Crippen molar-refractivity contribution >= 4 is 44.9 Å². The molecule has 1 aromatic carbocycles. The highest BCUT2D eigenvalue weighted by molar-refractivity contribution is 8.00. The van der Waals surface area contributed by atoms with Crippen molar-refractivity contribution in [3.05, 3.63) is 63.8 Å². The zero-order chi connectivity index (χ0) is 19.6. The number of benzene rings is 1. The number of carbonyl (C=O) groups is 1. The minimum Gasteiger partial charge on any atom is -0.325 e. The monoisotopic (exact) mass is 399 g/mol. The summed E-state index contributed by atoms with van der Waals surface area (Å²) in [5, 5.41) is 5.52. The molecular formula is C20H21N3O2S2. The van der Waals surface area contributed by atoms with E-state index in [1.165, 1.54) is 23.1 Å². The second-order valence-corrected chi connectivity index (χ2v) is 8.51. The third kappa shape index (κ3) is 4.14. The maximum absolute atomic E-state index is 12.7. The number of carbonyl (C=O) groups excluding carboxylic acids is 1. The highest BCUT2D eigenvalue weighted by atomic mass is 32.2. The van der Waals surface area contributed by atoms with Crippen LogP contribution < -0.4 is 10.9 Å². The summed E-state index contributed by atoms with van der Waals surface area (Å²) in [6.45, 7) is 9.87. The van der Waals surface area contributed by atoms with Crippen molar-refractivity contribution in [1.82, 2.24) is 9.55 Å². The van der Waals surface area contributed by atoms with E-state index in [1.807, 2.05) is 44.4 Å². The molecule has 0 saturated heterocycles. The van der Waals surface area contributed by atoms with Gasteiger partial charge in [0.2, 0.25) is 5.91 Å². The van der Waals surface area contributed by atoms with E-state index in [0.29, 0.717) is 21.9 Å². The van der Waals surface area contributed by atoms with Gasteiger partial charge in [-0.1, -0.05) is 35.5 Å². The van der Waals surface area contributed by atoms with Crippen LogP contribution >= 0.6 is 23.1 Å². The number of rotatable bonds is 6. The van der Waals surface area contributed by atoms with E-state index in [0.717, 1.165) is 16.8 Å². The third-order valence-electron chi connectivity index (χ3n) is 4.15. The first-order chi connectivity index (χ1) is 12.9. The van der Waals surface area contributed by atoms with Gasteiger partial charge in [0.1, 0.15) is 4.83 Å². The third-order valence-corrected chi connectivity index (χ3v) is 6.05. The largest absolute Gasteiger partial charge is 0.325 e. The number of aryl methyl sites for hydroxylation is 2. The van der Waals surface area contributed by atoms with E-state index >= 15 is 0 Å². The Morgan fingerprint density at radius 2 is 2.19 bits per heavy atom. The summed E-state index contributed by atoms with van der Waals surface area (Å²) in [5.74, 6) is -0.127. The first kappa shape index (κ1) is 19.4. The van der Waals surface area contributed by atoms with E-state index in [4.69, 9.17) is 0 Å². The number of hydrogen-bond donors (Lipinski definition) is 1. The molecule has 3 aromatic rings. The van der Waals surface area contributed by atoms with Crippen molar-refractivity contribution in [3.8, 4) is 0 Å². The van der Waals surface area contributed by atoms with Crippen LogP contribution in [-0.2, 0) is 11.3 Å². The Morgan fingerprint density at radius 1 is 1.41 bits per heavy atom. The highest BCUT2D eigenvalue weighted by Gasteiger charge is 2.20. The van der Waals surface area contributed by atoms with Gasteiger partial charge in [-0.25, -0.2) is 4.98 Å². The molecule has 0 aliphatic carbocycles. The maximum Gasteiger partial charge on any atom is 0.263 e. The maximum atomic E-state index is 12.7. The minimum absolute atomic E-state index is 0.106. The van der Waals surface area contributed by atoms with Gasteiger partial charge in [-0.3, -0.25) is 14.2 Å². The molecule has 0 aliphatic rings. The average molecular weight is 400 g/mol. The molecule has 1 amide bonds. The van der Waals surface area contributed by atoms with Crippen LogP contribution in [0.5, 0.6) is 0 Å². The SMILES string of the molecule is C=CCn1c(SC(C)C(=O)Nc2ccc(C)cc2C)nc2sccc2c1=O. The molecule has 0 saturated carbocycles. The number of aromatic nitrogens is 2. The van der Waals surface area contributed by atoms with Gasteiger partial charge in [0.15, 0.2) is 5.16 Å². The average Bonchev–Trinajstić information content (AvgIpc) is 3.09. The smallest absolute Gasteiger partial charge is 0.263 e. The number of thiophene rings is 1. The molecule has 2 heterocycles. The number of nitrogens with one attached hydrogen (secondary N) is 1. The molecule has 1 N–H and O–H groups in total. The normalized spacial score (nSPS) is 12.1. The lowest BCUT2D eigenvalue weighted by molar-refractivity contribution is -0.115. The molecule has 140 valence electrons. The Balaban J connectivity index is 1.85. The summed E-state index contributed by atoms with van der Waals surface area (Å²) in [4.78, 5) is 30.6. The zero-order valence-electron chi connectivity index (χ0n) is 15.5.